The molecule has 0 atom stereocenters. The molecule has 0 spiro atoms. The molecule has 3 rings (SSSR count). The maximum atomic E-state index is 12.8. The van der Waals surface area contributed by atoms with Crippen LogP contribution in [-0.2, 0) is 27.4 Å². The first kappa shape index (κ1) is 24.5. The third kappa shape index (κ3) is 7.17. The molecule has 7 heteroatoms. The van der Waals surface area contributed by atoms with Crippen LogP contribution in [0.25, 0.3) is 10.9 Å². The predicted molar refractivity (Wildman–Crippen MR) is 130 cm³/mol. The number of methoxy groups -OCH3 is 1. The van der Waals surface area contributed by atoms with Crippen LogP contribution in [0.1, 0.15) is 36.3 Å². The van der Waals surface area contributed by atoms with Gasteiger partial charge in [0, 0.05) is 36.8 Å². The van der Waals surface area contributed by atoms with E-state index in [4.69, 9.17) is 9.47 Å². The number of rotatable bonds is 12. The average Bonchev–Trinajstić information content (AvgIpc) is 3.16. The lowest BCUT2D eigenvalue weighted by atomic mass is 10.1. The standard InChI is InChI=1S/C26H33N3O4/c1-19(2)11-13-29-23-10-9-22(15-21(23)16-24(29)26(31)27-12-14-32-3)28-25(30)18-33-17-20-7-5-4-6-8-20/h4-10,15-16,19H,11-14,17-18H2,1-3H3,(H,27,31)(H,28,30). The van der Waals surface area contributed by atoms with E-state index in [2.05, 4.69) is 24.5 Å². The largest absolute Gasteiger partial charge is 0.383 e. The number of hydrogen-bond acceptors (Lipinski definition) is 4. The first-order valence-corrected chi connectivity index (χ1v) is 11.3. The lowest BCUT2D eigenvalue weighted by Gasteiger charge is -2.13. The summed E-state index contributed by atoms with van der Waals surface area (Å²) in [7, 11) is 1.61. The monoisotopic (exact) mass is 451 g/mol. The zero-order valence-corrected chi connectivity index (χ0v) is 19.6. The summed E-state index contributed by atoms with van der Waals surface area (Å²) >= 11 is 0. The molecule has 1 aromatic heterocycles. The van der Waals surface area contributed by atoms with E-state index in [9.17, 15) is 9.59 Å². The molecule has 2 aromatic carbocycles. The Morgan fingerprint density at radius 2 is 1.85 bits per heavy atom. The lowest BCUT2D eigenvalue weighted by molar-refractivity contribution is -0.121. The molecule has 0 unspecified atom stereocenters. The van der Waals surface area contributed by atoms with Gasteiger partial charge in [-0.05, 0) is 42.2 Å². The second kappa shape index (κ2) is 12.2. The van der Waals surface area contributed by atoms with Gasteiger partial charge in [-0.3, -0.25) is 9.59 Å². The summed E-state index contributed by atoms with van der Waals surface area (Å²) in [5, 5.41) is 6.68. The van der Waals surface area contributed by atoms with E-state index >= 15 is 0 Å². The van der Waals surface area contributed by atoms with Gasteiger partial charge in [-0.2, -0.15) is 0 Å². The number of nitrogens with zero attached hydrogens (tertiary/aromatic N) is 1. The Morgan fingerprint density at radius 1 is 1.06 bits per heavy atom. The minimum atomic E-state index is -0.220. The molecule has 0 saturated carbocycles. The maximum absolute atomic E-state index is 12.8. The number of carbonyl (C=O) groups is 2. The summed E-state index contributed by atoms with van der Waals surface area (Å²) in [6.07, 6.45) is 0.958. The Kier molecular flexibility index (Phi) is 9.04. The number of fused-ring (bicyclic) bond motifs is 1. The maximum Gasteiger partial charge on any atom is 0.268 e. The van der Waals surface area contributed by atoms with Crippen molar-refractivity contribution >= 4 is 28.4 Å². The molecule has 0 bridgehead atoms. The van der Waals surface area contributed by atoms with Crippen molar-refractivity contribution in [3.8, 4) is 0 Å². The van der Waals surface area contributed by atoms with Crippen LogP contribution in [0.5, 0.6) is 0 Å². The van der Waals surface area contributed by atoms with Crippen molar-refractivity contribution in [2.24, 2.45) is 5.92 Å². The number of hydrogen-bond donors (Lipinski definition) is 2. The van der Waals surface area contributed by atoms with Gasteiger partial charge >= 0.3 is 0 Å². The van der Waals surface area contributed by atoms with Gasteiger partial charge in [0.2, 0.25) is 5.91 Å². The van der Waals surface area contributed by atoms with Gasteiger partial charge in [-0.1, -0.05) is 44.2 Å². The molecule has 2 N–H and O–H groups in total. The highest BCUT2D eigenvalue weighted by Crippen LogP contribution is 2.25. The minimum absolute atomic E-state index is 0.0323. The van der Waals surface area contributed by atoms with Gasteiger partial charge in [-0.15, -0.1) is 0 Å². The third-order valence-corrected chi connectivity index (χ3v) is 5.28. The Bertz CT molecular complexity index is 1060. The van der Waals surface area contributed by atoms with Crippen LogP contribution in [0, 0.1) is 5.92 Å². The molecule has 0 radical (unpaired) electrons. The molecule has 0 aliphatic carbocycles. The lowest BCUT2D eigenvalue weighted by Crippen LogP contribution is -2.29. The number of aromatic nitrogens is 1. The summed E-state index contributed by atoms with van der Waals surface area (Å²) in [5.74, 6) is 0.162. The summed E-state index contributed by atoms with van der Waals surface area (Å²) in [4.78, 5) is 25.1. The van der Waals surface area contributed by atoms with Gasteiger partial charge in [0.1, 0.15) is 12.3 Å². The van der Waals surface area contributed by atoms with Crippen molar-refractivity contribution in [2.45, 2.75) is 33.4 Å². The van der Waals surface area contributed by atoms with Crippen LogP contribution < -0.4 is 10.6 Å². The van der Waals surface area contributed by atoms with E-state index in [0.717, 1.165) is 29.4 Å². The topological polar surface area (TPSA) is 81.6 Å². The molecular weight excluding hydrogens is 418 g/mol. The molecule has 33 heavy (non-hydrogen) atoms. The highest BCUT2D eigenvalue weighted by molar-refractivity contribution is 6.00. The van der Waals surface area contributed by atoms with Gasteiger partial charge < -0.3 is 24.7 Å². The zero-order chi connectivity index (χ0) is 23.6. The Balaban J connectivity index is 1.70. The van der Waals surface area contributed by atoms with Crippen molar-refractivity contribution in [1.29, 1.82) is 0 Å². The molecule has 0 saturated heterocycles. The normalized spacial score (nSPS) is 11.2. The zero-order valence-electron chi connectivity index (χ0n) is 19.6. The Morgan fingerprint density at radius 3 is 2.58 bits per heavy atom. The fourth-order valence-electron chi connectivity index (χ4n) is 3.56. The average molecular weight is 452 g/mol. The molecule has 0 aliphatic rings. The van der Waals surface area contributed by atoms with E-state index in [1.165, 1.54) is 0 Å². The molecule has 0 aliphatic heterocycles. The Labute approximate surface area is 195 Å². The van der Waals surface area contributed by atoms with E-state index in [0.29, 0.717) is 37.1 Å². The number of benzene rings is 2. The van der Waals surface area contributed by atoms with Crippen LogP contribution in [0.15, 0.2) is 54.6 Å². The number of aryl methyl sites for hydroxylation is 1. The van der Waals surface area contributed by atoms with Gasteiger partial charge in [-0.25, -0.2) is 0 Å². The van der Waals surface area contributed by atoms with Crippen molar-refractivity contribution < 1.29 is 19.1 Å². The Hall–Kier alpha value is -3.16. The van der Waals surface area contributed by atoms with E-state index in [-0.39, 0.29) is 18.4 Å². The molecule has 3 aromatic rings. The SMILES string of the molecule is COCCNC(=O)c1cc2cc(NC(=O)COCc3ccccc3)ccc2n1CCC(C)C. The van der Waals surface area contributed by atoms with Crippen LogP contribution in [-0.4, -0.2) is 43.2 Å². The highest BCUT2D eigenvalue weighted by atomic mass is 16.5. The van der Waals surface area contributed by atoms with E-state index < -0.39 is 0 Å². The summed E-state index contributed by atoms with van der Waals surface area (Å²) in [5.41, 5.74) is 3.26. The van der Waals surface area contributed by atoms with Crippen molar-refractivity contribution in [2.75, 3.05) is 32.2 Å². The van der Waals surface area contributed by atoms with Crippen LogP contribution in [0.2, 0.25) is 0 Å². The second-order valence-corrected chi connectivity index (χ2v) is 8.41. The first-order valence-electron chi connectivity index (χ1n) is 11.3. The predicted octanol–water partition coefficient (Wildman–Crippen LogP) is 4.22. The number of carbonyl (C=O) groups excluding carboxylic acids is 2. The van der Waals surface area contributed by atoms with E-state index in [1.54, 1.807) is 7.11 Å². The molecule has 2 amide bonds. The van der Waals surface area contributed by atoms with Gasteiger partial charge in [0.05, 0.1) is 13.2 Å². The van der Waals surface area contributed by atoms with Crippen molar-refractivity contribution in [3.05, 3.63) is 65.9 Å². The van der Waals surface area contributed by atoms with Crippen molar-refractivity contribution in [3.63, 3.8) is 0 Å². The van der Waals surface area contributed by atoms with Gasteiger partial charge in [0.15, 0.2) is 0 Å². The number of anilines is 1. The smallest absolute Gasteiger partial charge is 0.268 e. The quantitative estimate of drug-likeness (QED) is 0.404. The highest BCUT2D eigenvalue weighted by Gasteiger charge is 2.16. The van der Waals surface area contributed by atoms with Crippen LogP contribution in [0.4, 0.5) is 5.69 Å². The molecule has 0 fully saturated rings. The summed E-state index contributed by atoms with van der Waals surface area (Å²) in [6, 6.07) is 17.3. The number of nitrogens with one attached hydrogen (secondary N) is 2. The number of amides is 2. The molecule has 1 heterocycles. The van der Waals surface area contributed by atoms with Crippen LogP contribution >= 0.6 is 0 Å². The second-order valence-electron chi connectivity index (χ2n) is 8.41. The number of ether oxygens (including phenoxy) is 2. The minimum Gasteiger partial charge on any atom is -0.383 e. The molecular formula is C26H33N3O4. The fourth-order valence-corrected chi connectivity index (χ4v) is 3.56. The van der Waals surface area contributed by atoms with Crippen molar-refractivity contribution in [1.82, 2.24) is 9.88 Å². The van der Waals surface area contributed by atoms with Crippen LogP contribution in [0.3, 0.4) is 0 Å². The third-order valence-electron chi connectivity index (χ3n) is 5.28. The molecule has 7 nitrogen and oxygen atoms in total. The summed E-state index contributed by atoms with van der Waals surface area (Å²) < 4.78 is 12.6. The molecule has 176 valence electrons. The summed E-state index contributed by atoms with van der Waals surface area (Å²) in [6.45, 7) is 6.33. The van der Waals surface area contributed by atoms with E-state index in [1.807, 2.05) is 59.2 Å². The van der Waals surface area contributed by atoms with Gasteiger partial charge in [0.25, 0.3) is 5.91 Å². The fraction of sp³-hybridized carbons (Fsp3) is 0.385. The first-order chi connectivity index (χ1) is 16.0.